The number of aliphatic hydroxyl groups is 1. The number of aliphatic hydroxyl groups excluding tert-OH is 1. The zero-order chi connectivity index (χ0) is 25.4. The van der Waals surface area contributed by atoms with E-state index in [0.717, 1.165) is 11.1 Å². The van der Waals surface area contributed by atoms with Gasteiger partial charge in [0.2, 0.25) is 0 Å². The lowest BCUT2D eigenvalue weighted by molar-refractivity contribution is -0.132. The molecular formula is C27H23Cl2NO5. The van der Waals surface area contributed by atoms with E-state index < -0.39 is 23.5 Å². The van der Waals surface area contributed by atoms with E-state index in [9.17, 15) is 14.7 Å². The highest BCUT2D eigenvalue weighted by Crippen LogP contribution is 2.48. The topological polar surface area (TPSA) is 76.1 Å². The fraction of sp³-hybridized carbons (Fsp3) is 0.185. The lowest BCUT2D eigenvalue weighted by atomic mass is 9.92. The molecule has 0 aliphatic carbocycles. The summed E-state index contributed by atoms with van der Waals surface area (Å²) in [6.07, 6.45) is 0. The molecule has 0 aromatic heterocycles. The molecule has 0 bridgehead atoms. The number of carbonyl (C=O) groups excluding carboxylic acids is 2. The SMILES string of the molecule is COc1c(Cl)cc(/C(O)=C2\C(=O)C(=O)N(c3cccc(C)c3)C2c2ccccc2C)c(OC)c1Cl. The Morgan fingerprint density at radius 2 is 1.63 bits per heavy atom. The molecule has 1 unspecified atom stereocenters. The first-order valence-corrected chi connectivity index (χ1v) is 11.5. The maximum absolute atomic E-state index is 13.4. The van der Waals surface area contributed by atoms with Gasteiger partial charge in [0.05, 0.1) is 36.4 Å². The summed E-state index contributed by atoms with van der Waals surface area (Å²) in [5.41, 5.74) is 2.98. The molecule has 6 nitrogen and oxygen atoms in total. The minimum atomic E-state index is -0.887. The van der Waals surface area contributed by atoms with Gasteiger partial charge in [-0.05, 0) is 48.7 Å². The van der Waals surface area contributed by atoms with E-state index in [1.807, 2.05) is 56.3 Å². The summed E-state index contributed by atoms with van der Waals surface area (Å²) in [6.45, 7) is 3.78. The standard InChI is InChI=1S/C27H23Cl2NO5/c1-14-8-7-10-16(12-14)30-22(17-11-6-5-9-15(17)2)20(24(32)27(30)33)23(31)18-13-19(28)26(35-4)21(29)25(18)34-3/h5-13,22,31H,1-4H3/b23-20+. The van der Waals surface area contributed by atoms with Crippen LogP contribution in [0.1, 0.15) is 28.3 Å². The quantitative estimate of drug-likeness (QED) is 0.248. The third kappa shape index (κ3) is 4.13. The van der Waals surface area contributed by atoms with Crippen LogP contribution in [0.2, 0.25) is 10.0 Å². The number of hydrogen-bond donors (Lipinski definition) is 1. The number of halogens is 2. The van der Waals surface area contributed by atoms with Gasteiger partial charge in [-0.25, -0.2) is 0 Å². The molecule has 1 saturated heterocycles. The molecule has 4 rings (SSSR count). The van der Waals surface area contributed by atoms with E-state index in [1.54, 1.807) is 6.07 Å². The number of amides is 1. The molecule has 1 amide bonds. The summed E-state index contributed by atoms with van der Waals surface area (Å²) >= 11 is 12.8. The van der Waals surface area contributed by atoms with Crippen LogP contribution in [0.25, 0.3) is 5.76 Å². The highest BCUT2D eigenvalue weighted by Gasteiger charge is 2.47. The summed E-state index contributed by atoms with van der Waals surface area (Å²) in [7, 11) is 2.77. The van der Waals surface area contributed by atoms with Crippen molar-refractivity contribution in [2.75, 3.05) is 19.1 Å². The second-order valence-corrected chi connectivity index (χ2v) is 8.94. The van der Waals surface area contributed by atoms with Crippen LogP contribution >= 0.6 is 23.2 Å². The number of benzene rings is 3. The number of Topliss-reactive ketones (excluding diaryl/α,β-unsaturated/α-hetero) is 1. The molecule has 1 heterocycles. The molecule has 1 aliphatic rings. The van der Waals surface area contributed by atoms with Crippen molar-refractivity contribution in [1.82, 2.24) is 0 Å². The van der Waals surface area contributed by atoms with Gasteiger partial charge in [0.1, 0.15) is 10.8 Å². The summed E-state index contributed by atoms with van der Waals surface area (Å²) in [4.78, 5) is 28.2. The Morgan fingerprint density at radius 3 is 2.26 bits per heavy atom. The van der Waals surface area contributed by atoms with Crippen molar-refractivity contribution in [2.45, 2.75) is 19.9 Å². The van der Waals surface area contributed by atoms with Crippen LogP contribution in [-0.4, -0.2) is 31.0 Å². The van der Waals surface area contributed by atoms with Crippen molar-refractivity contribution >= 4 is 46.3 Å². The Hall–Kier alpha value is -3.48. The number of ketones is 1. The zero-order valence-corrected chi connectivity index (χ0v) is 21.1. The van der Waals surface area contributed by atoms with Crippen molar-refractivity contribution in [3.8, 4) is 11.5 Å². The highest BCUT2D eigenvalue weighted by atomic mass is 35.5. The van der Waals surface area contributed by atoms with Crippen molar-refractivity contribution < 1.29 is 24.2 Å². The predicted molar refractivity (Wildman–Crippen MR) is 137 cm³/mol. The fourth-order valence-electron chi connectivity index (χ4n) is 4.36. The lowest BCUT2D eigenvalue weighted by Gasteiger charge is -2.27. The van der Waals surface area contributed by atoms with Crippen LogP contribution in [0, 0.1) is 13.8 Å². The molecule has 1 N–H and O–H groups in total. The third-order valence-electron chi connectivity index (χ3n) is 6.00. The van der Waals surface area contributed by atoms with Crippen LogP contribution in [0.4, 0.5) is 5.69 Å². The number of anilines is 1. The number of rotatable bonds is 5. The Balaban J connectivity index is 2.05. The molecule has 0 spiro atoms. The van der Waals surface area contributed by atoms with Gasteiger partial charge in [0, 0.05) is 5.69 Å². The fourth-order valence-corrected chi connectivity index (χ4v) is 5.04. The number of nitrogens with zero attached hydrogens (tertiary/aromatic N) is 1. The molecule has 1 fully saturated rings. The minimum absolute atomic E-state index is 0.0319. The Morgan fingerprint density at radius 1 is 0.943 bits per heavy atom. The smallest absolute Gasteiger partial charge is 0.300 e. The van der Waals surface area contributed by atoms with Crippen molar-refractivity contribution in [3.63, 3.8) is 0 Å². The molecule has 3 aromatic carbocycles. The van der Waals surface area contributed by atoms with Gasteiger partial charge in [-0.3, -0.25) is 14.5 Å². The van der Waals surface area contributed by atoms with Gasteiger partial charge in [-0.2, -0.15) is 0 Å². The molecule has 35 heavy (non-hydrogen) atoms. The van der Waals surface area contributed by atoms with Crippen molar-refractivity contribution in [2.24, 2.45) is 0 Å². The normalized spacial score (nSPS) is 17.1. The third-order valence-corrected chi connectivity index (χ3v) is 6.63. The van der Waals surface area contributed by atoms with Gasteiger partial charge in [-0.15, -0.1) is 0 Å². The average molecular weight is 512 g/mol. The summed E-state index contributed by atoms with van der Waals surface area (Å²) < 4.78 is 10.7. The molecule has 1 atom stereocenters. The van der Waals surface area contributed by atoms with E-state index in [2.05, 4.69) is 0 Å². The van der Waals surface area contributed by atoms with Gasteiger partial charge >= 0.3 is 0 Å². The second-order valence-electron chi connectivity index (χ2n) is 8.15. The molecule has 0 saturated carbocycles. The van der Waals surface area contributed by atoms with Crippen LogP contribution in [0.5, 0.6) is 11.5 Å². The second kappa shape index (κ2) is 9.64. The largest absolute Gasteiger partial charge is 0.507 e. The number of aryl methyl sites for hydroxylation is 2. The Kier molecular flexibility index (Phi) is 6.79. The van der Waals surface area contributed by atoms with E-state index >= 15 is 0 Å². The van der Waals surface area contributed by atoms with Crippen LogP contribution < -0.4 is 14.4 Å². The first-order valence-electron chi connectivity index (χ1n) is 10.7. The van der Waals surface area contributed by atoms with Crippen LogP contribution in [0.15, 0.2) is 60.2 Å². The van der Waals surface area contributed by atoms with Crippen LogP contribution in [-0.2, 0) is 9.59 Å². The highest BCUT2D eigenvalue weighted by molar-refractivity contribution is 6.52. The predicted octanol–water partition coefficient (Wildman–Crippen LogP) is 6.25. The molecular weight excluding hydrogens is 489 g/mol. The average Bonchev–Trinajstić information content (AvgIpc) is 3.09. The van der Waals surface area contributed by atoms with Crippen molar-refractivity contribution in [1.29, 1.82) is 0 Å². The monoisotopic (exact) mass is 511 g/mol. The zero-order valence-electron chi connectivity index (χ0n) is 19.6. The minimum Gasteiger partial charge on any atom is -0.507 e. The van der Waals surface area contributed by atoms with Gasteiger partial charge in [0.15, 0.2) is 11.5 Å². The molecule has 8 heteroatoms. The van der Waals surface area contributed by atoms with E-state index in [4.69, 9.17) is 32.7 Å². The van der Waals surface area contributed by atoms with Crippen molar-refractivity contribution in [3.05, 3.63) is 92.5 Å². The lowest BCUT2D eigenvalue weighted by Crippen LogP contribution is -2.29. The van der Waals surface area contributed by atoms with E-state index in [-0.39, 0.29) is 32.7 Å². The van der Waals surface area contributed by atoms with E-state index in [0.29, 0.717) is 11.3 Å². The van der Waals surface area contributed by atoms with Gasteiger partial charge in [-0.1, -0.05) is 59.6 Å². The molecule has 1 aliphatic heterocycles. The molecule has 0 radical (unpaired) electrons. The molecule has 180 valence electrons. The Bertz CT molecular complexity index is 1380. The summed E-state index contributed by atoms with van der Waals surface area (Å²) in [6, 6.07) is 15.2. The Labute approximate surface area is 213 Å². The van der Waals surface area contributed by atoms with Gasteiger partial charge in [0.25, 0.3) is 11.7 Å². The molecule has 3 aromatic rings. The number of ether oxygens (including phenoxy) is 2. The maximum Gasteiger partial charge on any atom is 0.300 e. The number of methoxy groups -OCH3 is 2. The summed E-state index contributed by atoms with van der Waals surface area (Å²) in [5.74, 6) is -1.80. The first-order chi connectivity index (χ1) is 16.7. The maximum atomic E-state index is 13.4. The summed E-state index contributed by atoms with van der Waals surface area (Å²) in [5, 5.41) is 11.7. The number of hydrogen-bond acceptors (Lipinski definition) is 5. The van der Waals surface area contributed by atoms with Gasteiger partial charge < -0.3 is 14.6 Å². The number of carbonyl (C=O) groups is 2. The van der Waals surface area contributed by atoms with Crippen LogP contribution in [0.3, 0.4) is 0 Å². The first kappa shape index (κ1) is 24.6. The van der Waals surface area contributed by atoms with E-state index in [1.165, 1.54) is 25.2 Å².